The van der Waals surface area contributed by atoms with Gasteiger partial charge in [-0.2, -0.15) is 8.42 Å². The molecule has 2 aromatic rings. The number of halogens is 2. The first-order valence-electron chi connectivity index (χ1n) is 5.85. The van der Waals surface area contributed by atoms with E-state index < -0.39 is 37.2 Å². The summed E-state index contributed by atoms with van der Waals surface area (Å²) in [5.41, 5.74) is 0.0383. The summed E-state index contributed by atoms with van der Waals surface area (Å²) in [5, 5.41) is 10.7. The van der Waals surface area contributed by atoms with Crippen LogP contribution in [0, 0.1) is 22.9 Å². The van der Waals surface area contributed by atoms with Crippen LogP contribution in [-0.4, -0.2) is 13.3 Å². The second kappa shape index (κ2) is 5.90. The lowest BCUT2D eigenvalue weighted by Crippen LogP contribution is -2.12. The van der Waals surface area contributed by atoms with Crippen molar-refractivity contribution in [2.45, 2.75) is 11.8 Å². The summed E-state index contributed by atoms with van der Waals surface area (Å²) in [6, 6.07) is 6.48. The van der Waals surface area contributed by atoms with E-state index in [1.807, 2.05) is 0 Å². The third-order valence-electron chi connectivity index (χ3n) is 2.67. The first kappa shape index (κ1) is 16.2. The fourth-order valence-corrected chi connectivity index (χ4v) is 3.10. The van der Waals surface area contributed by atoms with Crippen molar-refractivity contribution in [3.63, 3.8) is 0 Å². The Morgan fingerprint density at radius 3 is 2.55 bits per heavy atom. The molecule has 116 valence electrons. The largest absolute Gasteiger partial charge is 0.372 e. The molecule has 0 saturated heterocycles. The fourth-order valence-electron chi connectivity index (χ4n) is 1.67. The molecule has 0 aliphatic heterocycles. The summed E-state index contributed by atoms with van der Waals surface area (Å²) < 4.78 is 42.2. The SMILES string of the molecule is Cc1ccc(OS(=O)(=O)c2cc(F)ccc2Cl)c([N+](=O)[O-])c1. The van der Waals surface area contributed by atoms with Crippen LogP contribution in [0.1, 0.15) is 5.56 Å². The standard InChI is InChI=1S/C13H9ClFNO5S/c1-8-2-5-12(11(6-8)16(17)18)21-22(19,20)13-7-9(15)3-4-10(13)14/h2-7H,1H3. The zero-order chi connectivity index (χ0) is 16.5. The predicted octanol–water partition coefficient (Wildman–Crippen LogP) is 3.46. The van der Waals surface area contributed by atoms with Crippen LogP contribution in [0.25, 0.3) is 0 Å². The Labute approximate surface area is 130 Å². The summed E-state index contributed by atoms with van der Waals surface area (Å²) in [7, 11) is -4.51. The minimum Gasteiger partial charge on any atom is -0.372 e. The Morgan fingerprint density at radius 2 is 1.91 bits per heavy atom. The molecule has 0 aromatic heterocycles. The van der Waals surface area contributed by atoms with Gasteiger partial charge in [0.25, 0.3) is 0 Å². The Hall–Kier alpha value is -2.19. The summed E-state index contributed by atoms with van der Waals surface area (Å²) in [6.07, 6.45) is 0. The second-order valence-electron chi connectivity index (χ2n) is 4.34. The molecule has 0 saturated carbocycles. The van der Waals surface area contributed by atoms with Crippen LogP contribution in [0.3, 0.4) is 0 Å². The van der Waals surface area contributed by atoms with Gasteiger partial charge in [0.15, 0.2) is 0 Å². The molecule has 0 bridgehead atoms. The van der Waals surface area contributed by atoms with E-state index in [1.165, 1.54) is 6.07 Å². The molecule has 0 heterocycles. The average Bonchev–Trinajstić information content (AvgIpc) is 2.43. The molecule has 2 rings (SSSR count). The molecule has 0 fully saturated rings. The molecule has 0 N–H and O–H groups in total. The quantitative estimate of drug-likeness (QED) is 0.481. The average molecular weight is 346 g/mol. The van der Waals surface area contributed by atoms with Crippen molar-refractivity contribution in [1.29, 1.82) is 0 Å². The van der Waals surface area contributed by atoms with E-state index in [0.29, 0.717) is 11.6 Å². The Balaban J connectivity index is 2.50. The van der Waals surface area contributed by atoms with Gasteiger partial charge in [-0.15, -0.1) is 0 Å². The molecule has 9 heteroatoms. The van der Waals surface area contributed by atoms with Crippen LogP contribution in [-0.2, 0) is 10.1 Å². The minimum absolute atomic E-state index is 0.254. The molecule has 0 unspecified atom stereocenters. The summed E-state index contributed by atoms with van der Waals surface area (Å²) in [6.45, 7) is 1.61. The van der Waals surface area contributed by atoms with E-state index >= 15 is 0 Å². The van der Waals surface area contributed by atoms with Gasteiger partial charge >= 0.3 is 15.8 Å². The van der Waals surface area contributed by atoms with Crippen molar-refractivity contribution < 1.29 is 21.9 Å². The zero-order valence-corrected chi connectivity index (χ0v) is 12.7. The number of hydrogen-bond donors (Lipinski definition) is 0. The molecule has 22 heavy (non-hydrogen) atoms. The van der Waals surface area contributed by atoms with Crippen molar-refractivity contribution in [1.82, 2.24) is 0 Å². The molecule has 0 amide bonds. The van der Waals surface area contributed by atoms with Gasteiger partial charge in [-0.25, -0.2) is 4.39 Å². The van der Waals surface area contributed by atoms with Crippen molar-refractivity contribution in [3.8, 4) is 5.75 Å². The Kier molecular flexibility index (Phi) is 4.34. The Bertz CT molecular complexity index is 854. The van der Waals surface area contributed by atoms with Crippen molar-refractivity contribution in [2.75, 3.05) is 0 Å². The first-order chi connectivity index (χ1) is 10.2. The predicted molar refractivity (Wildman–Crippen MR) is 77.1 cm³/mol. The number of nitro groups is 1. The van der Waals surface area contributed by atoms with Crippen LogP contribution >= 0.6 is 11.6 Å². The van der Waals surface area contributed by atoms with E-state index in [9.17, 15) is 22.9 Å². The summed E-state index contributed by atoms with van der Waals surface area (Å²) >= 11 is 5.71. The monoisotopic (exact) mass is 345 g/mol. The topological polar surface area (TPSA) is 86.5 Å². The van der Waals surface area contributed by atoms with Crippen LogP contribution in [0.4, 0.5) is 10.1 Å². The maximum absolute atomic E-state index is 13.2. The van der Waals surface area contributed by atoms with Gasteiger partial charge in [0.05, 0.1) is 9.95 Å². The van der Waals surface area contributed by atoms with E-state index in [0.717, 1.165) is 24.3 Å². The number of nitro benzene ring substituents is 1. The van der Waals surface area contributed by atoms with E-state index in [1.54, 1.807) is 6.92 Å². The first-order valence-corrected chi connectivity index (χ1v) is 7.64. The van der Waals surface area contributed by atoms with Crippen LogP contribution in [0.15, 0.2) is 41.3 Å². The highest BCUT2D eigenvalue weighted by molar-refractivity contribution is 7.87. The van der Waals surface area contributed by atoms with Crippen molar-refractivity contribution >= 4 is 27.4 Å². The maximum atomic E-state index is 13.2. The number of aryl methyl sites for hydroxylation is 1. The van der Waals surface area contributed by atoms with Crippen molar-refractivity contribution in [2.24, 2.45) is 0 Å². The number of benzene rings is 2. The molecule has 2 aromatic carbocycles. The smallest absolute Gasteiger partial charge is 0.341 e. The fraction of sp³-hybridized carbons (Fsp3) is 0.0769. The number of hydrogen-bond acceptors (Lipinski definition) is 5. The van der Waals surface area contributed by atoms with E-state index in [2.05, 4.69) is 0 Å². The lowest BCUT2D eigenvalue weighted by atomic mass is 10.2. The lowest BCUT2D eigenvalue weighted by molar-refractivity contribution is -0.385. The van der Waals surface area contributed by atoms with Gasteiger partial charge < -0.3 is 4.18 Å². The molecule has 6 nitrogen and oxygen atoms in total. The van der Waals surface area contributed by atoms with Gasteiger partial charge in [-0.05, 0) is 36.8 Å². The number of nitrogens with zero attached hydrogens (tertiary/aromatic N) is 1. The van der Waals surface area contributed by atoms with Crippen molar-refractivity contribution in [3.05, 3.63) is 62.9 Å². The summed E-state index contributed by atoms with van der Waals surface area (Å²) in [4.78, 5) is 9.58. The molecule has 0 atom stereocenters. The normalized spacial score (nSPS) is 11.2. The Morgan fingerprint density at radius 1 is 1.23 bits per heavy atom. The van der Waals surface area contributed by atoms with E-state index in [-0.39, 0.29) is 5.02 Å². The minimum atomic E-state index is -4.51. The lowest BCUT2D eigenvalue weighted by Gasteiger charge is -2.09. The van der Waals surface area contributed by atoms with Gasteiger partial charge in [-0.3, -0.25) is 10.1 Å². The zero-order valence-electron chi connectivity index (χ0n) is 11.1. The van der Waals surface area contributed by atoms with Crippen LogP contribution in [0.5, 0.6) is 5.75 Å². The third-order valence-corrected chi connectivity index (χ3v) is 4.39. The second-order valence-corrected chi connectivity index (χ2v) is 6.26. The third kappa shape index (κ3) is 3.34. The molecular weight excluding hydrogens is 337 g/mol. The van der Waals surface area contributed by atoms with Gasteiger partial charge in [0.2, 0.25) is 5.75 Å². The van der Waals surface area contributed by atoms with Crippen LogP contribution < -0.4 is 4.18 Å². The van der Waals surface area contributed by atoms with Gasteiger partial charge in [0, 0.05) is 6.07 Å². The number of rotatable bonds is 4. The summed E-state index contributed by atoms with van der Waals surface area (Å²) in [5.74, 6) is -1.30. The molecule has 0 spiro atoms. The highest BCUT2D eigenvalue weighted by atomic mass is 35.5. The van der Waals surface area contributed by atoms with Gasteiger partial charge in [0.1, 0.15) is 10.7 Å². The molecular formula is C13H9ClFNO5S. The maximum Gasteiger partial charge on any atom is 0.341 e. The highest BCUT2D eigenvalue weighted by Gasteiger charge is 2.25. The van der Waals surface area contributed by atoms with Gasteiger partial charge in [-0.1, -0.05) is 17.7 Å². The van der Waals surface area contributed by atoms with E-state index in [4.69, 9.17) is 15.8 Å². The molecule has 0 aliphatic rings. The van der Waals surface area contributed by atoms with Crippen LogP contribution in [0.2, 0.25) is 5.02 Å². The highest BCUT2D eigenvalue weighted by Crippen LogP contribution is 2.32. The molecule has 0 radical (unpaired) electrons. The molecule has 0 aliphatic carbocycles.